The number of hydrogen-bond donors (Lipinski definition) is 1. The van der Waals surface area contributed by atoms with E-state index in [1.807, 2.05) is 95.9 Å². The van der Waals surface area contributed by atoms with Gasteiger partial charge in [0.1, 0.15) is 12.6 Å². The second kappa shape index (κ2) is 10.6. The van der Waals surface area contributed by atoms with Crippen LogP contribution in [0.3, 0.4) is 0 Å². The van der Waals surface area contributed by atoms with Crippen molar-refractivity contribution in [2.75, 3.05) is 0 Å². The van der Waals surface area contributed by atoms with E-state index in [9.17, 15) is 9.90 Å². The monoisotopic (exact) mass is 389 g/mol. The van der Waals surface area contributed by atoms with Gasteiger partial charge in [-0.2, -0.15) is 0 Å². The summed E-state index contributed by atoms with van der Waals surface area (Å²) in [5, 5.41) is 10.5. The van der Waals surface area contributed by atoms with Crippen LogP contribution in [0.1, 0.15) is 23.6 Å². The Morgan fingerprint density at radius 3 is 1.62 bits per heavy atom. The Bertz CT molecular complexity index is 825. The molecule has 3 aromatic carbocycles. The summed E-state index contributed by atoms with van der Waals surface area (Å²) in [5.74, 6) is -0.421. The minimum absolute atomic E-state index is 0.188. The van der Waals surface area contributed by atoms with Crippen molar-refractivity contribution in [1.29, 1.82) is 0 Å². The number of aliphatic hydroxyl groups excluding tert-OH is 1. The van der Waals surface area contributed by atoms with E-state index in [1.165, 1.54) is 0 Å². The highest BCUT2D eigenvalue weighted by Crippen LogP contribution is 2.18. The van der Waals surface area contributed by atoms with Gasteiger partial charge in [-0.1, -0.05) is 91.0 Å². The van der Waals surface area contributed by atoms with Gasteiger partial charge in [0.2, 0.25) is 0 Å². The fourth-order valence-corrected chi connectivity index (χ4v) is 3.35. The molecule has 2 unspecified atom stereocenters. The summed E-state index contributed by atoms with van der Waals surface area (Å²) in [6.45, 7) is 2.89. The van der Waals surface area contributed by atoms with Crippen molar-refractivity contribution < 1.29 is 14.6 Å². The maximum absolute atomic E-state index is 13.0. The Labute approximate surface area is 172 Å². The SMILES string of the molecule is CC(O)C(C(=O)OCc1ccccc1)N(Cc1ccccc1)Cc1ccccc1. The molecule has 0 bridgehead atoms. The topological polar surface area (TPSA) is 49.8 Å². The van der Waals surface area contributed by atoms with Crippen molar-refractivity contribution in [3.05, 3.63) is 108 Å². The summed E-state index contributed by atoms with van der Waals surface area (Å²) < 4.78 is 5.57. The lowest BCUT2D eigenvalue weighted by Gasteiger charge is -2.32. The zero-order chi connectivity index (χ0) is 20.5. The van der Waals surface area contributed by atoms with Gasteiger partial charge in [0.15, 0.2) is 0 Å². The van der Waals surface area contributed by atoms with E-state index in [1.54, 1.807) is 6.92 Å². The Hall–Kier alpha value is -2.95. The van der Waals surface area contributed by atoms with E-state index in [0.717, 1.165) is 16.7 Å². The largest absolute Gasteiger partial charge is 0.460 e. The van der Waals surface area contributed by atoms with Crippen LogP contribution >= 0.6 is 0 Å². The van der Waals surface area contributed by atoms with Crippen LogP contribution in [0.15, 0.2) is 91.0 Å². The summed E-state index contributed by atoms with van der Waals surface area (Å²) in [4.78, 5) is 14.9. The molecule has 4 heteroatoms. The second-order valence-electron chi connectivity index (χ2n) is 7.15. The lowest BCUT2D eigenvalue weighted by molar-refractivity contribution is -0.156. The van der Waals surface area contributed by atoms with Crippen LogP contribution < -0.4 is 0 Å². The number of nitrogens with zero attached hydrogens (tertiary/aromatic N) is 1. The fraction of sp³-hybridized carbons (Fsp3) is 0.240. The van der Waals surface area contributed by atoms with E-state index < -0.39 is 18.1 Å². The van der Waals surface area contributed by atoms with E-state index in [4.69, 9.17) is 4.74 Å². The fourth-order valence-electron chi connectivity index (χ4n) is 3.35. The molecule has 0 fully saturated rings. The summed E-state index contributed by atoms with van der Waals surface area (Å²) in [7, 11) is 0. The zero-order valence-electron chi connectivity index (χ0n) is 16.6. The van der Waals surface area contributed by atoms with Crippen LogP contribution in [0, 0.1) is 0 Å². The molecule has 0 saturated carbocycles. The van der Waals surface area contributed by atoms with E-state index in [-0.39, 0.29) is 6.61 Å². The minimum atomic E-state index is -0.870. The molecule has 0 radical (unpaired) electrons. The number of esters is 1. The molecule has 2 atom stereocenters. The van der Waals surface area contributed by atoms with Crippen LogP contribution in [-0.2, 0) is 29.2 Å². The van der Waals surface area contributed by atoms with E-state index in [2.05, 4.69) is 0 Å². The maximum Gasteiger partial charge on any atom is 0.326 e. The van der Waals surface area contributed by atoms with Crippen molar-refractivity contribution >= 4 is 5.97 Å². The van der Waals surface area contributed by atoms with Gasteiger partial charge in [-0.15, -0.1) is 0 Å². The third-order valence-electron chi connectivity index (χ3n) is 4.77. The van der Waals surface area contributed by atoms with Crippen LogP contribution in [-0.4, -0.2) is 28.1 Å². The molecule has 4 nitrogen and oxygen atoms in total. The van der Waals surface area contributed by atoms with E-state index in [0.29, 0.717) is 13.1 Å². The minimum Gasteiger partial charge on any atom is -0.460 e. The molecule has 1 N–H and O–H groups in total. The highest BCUT2D eigenvalue weighted by molar-refractivity contribution is 5.76. The van der Waals surface area contributed by atoms with Crippen molar-refractivity contribution in [1.82, 2.24) is 4.90 Å². The van der Waals surface area contributed by atoms with Crippen molar-refractivity contribution in [2.24, 2.45) is 0 Å². The van der Waals surface area contributed by atoms with Crippen LogP contribution in [0.5, 0.6) is 0 Å². The van der Waals surface area contributed by atoms with Gasteiger partial charge in [-0.05, 0) is 23.6 Å². The summed E-state index contributed by atoms with van der Waals surface area (Å²) >= 11 is 0. The van der Waals surface area contributed by atoms with Gasteiger partial charge in [0.25, 0.3) is 0 Å². The third kappa shape index (κ3) is 6.28. The van der Waals surface area contributed by atoms with Gasteiger partial charge in [-0.3, -0.25) is 9.69 Å². The number of rotatable bonds is 9. The number of aliphatic hydroxyl groups is 1. The number of benzene rings is 3. The molecule has 0 saturated heterocycles. The molecule has 150 valence electrons. The highest BCUT2D eigenvalue weighted by atomic mass is 16.5. The molecule has 0 aliphatic carbocycles. The first kappa shape index (κ1) is 20.8. The molecule has 0 aromatic heterocycles. The van der Waals surface area contributed by atoms with Gasteiger partial charge < -0.3 is 9.84 Å². The number of carbonyl (C=O) groups excluding carboxylic acids is 1. The molecule has 3 aromatic rings. The normalized spacial score (nSPS) is 13.1. The van der Waals surface area contributed by atoms with Crippen molar-refractivity contribution in [3.63, 3.8) is 0 Å². The average molecular weight is 389 g/mol. The van der Waals surface area contributed by atoms with Crippen LogP contribution in [0.25, 0.3) is 0 Å². The molecule has 3 rings (SSSR count). The predicted octanol–water partition coefficient (Wildman–Crippen LogP) is 4.18. The molecule has 0 spiro atoms. The lowest BCUT2D eigenvalue weighted by Crippen LogP contribution is -2.48. The van der Waals surface area contributed by atoms with Crippen LogP contribution in [0.4, 0.5) is 0 Å². The highest BCUT2D eigenvalue weighted by Gasteiger charge is 2.32. The van der Waals surface area contributed by atoms with E-state index >= 15 is 0 Å². The number of hydrogen-bond acceptors (Lipinski definition) is 4. The number of ether oxygens (including phenoxy) is 1. The molecule has 0 amide bonds. The standard InChI is InChI=1S/C25H27NO3/c1-20(27)24(25(28)29-19-23-15-9-4-10-16-23)26(17-21-11-5-2-6-12-21)18-22-13-7-3-8-14-22/h2-16,20,24,27H,17-19H2,1H3. The zero-order valence-corrected chi connectivity index (χ0v) is 16.6. The first-order chi connectivity index (χ1) is 14.1. The van der Waals surface area contributed by atoms with Gasteiger partial charge in [0.05, 0.1) is 6.10 Å². The second-order valence-corrected chi connectivity index (χ2v) is 7.15. The third-order valence-corrected chi connectivity index (χ3v) is 4.77. The Kier molecular flexibility index (Phi) is 7.56. The number of carbonyl (C=O) groups is 1. The van der Waals surface area contributed by atoms with Gasteiger partial charge >= 0.3 is 5.97 Å². The Morgan fingerprint density at radius 1 is 0.793 bits per heavy atom. The summed E-state index contributed by atoms with van der Waals surface area (Å²) in [5.41, 5.74) is 3.07. The van der Waals surface area contributed by atoms with Crippen LogP contribution in [0.2, 0.25) is 0 Å². The molecule has 0 heterocycles. The quantitative estimate of drug-likeness (QED) is 0.558. The van der Waals surface area contributed by atoms with Gasteiger partial charge in [0, 0.05) is 13.1 Å². The Morgan fingerprint density at radius 2 is 1.21 bits per heavy atom. The smallest absolute Gasteiger partial charge is 0.326 e. The van der Waals surface area contributed by atoms with Gasteiger partial charge in [-0.25, -0.2) is 0 Å². The summed E-state index contributed by atoms with van der Waals surface area (Å²) in [6, 6.07) is 28.7. The van der Waals surface area contributed by atoms with Crippen molar-refractivity contribution in [2.45, 2.75) is 38.8 Å². The first-order valence-corrected chi connectivity index (χ1v) is 9.84. The summed E-state index contributed by atoms with van der Waals surface area (Å²) in [6.07, 6.45) is -0.870. The molecular weight excluding hydrogens is 362 g/mol. The maximum atomic E-state index is 13.0. The molecule has 29 heavy (non-hydrogen) atoms. The molecular formula is C25H27NO3. The Balaban J connectivity index is 1.79. The predicted molar refractivity (Wildman–Crippen MR) is 114 cm³/mol. The average Bonchev–Trinajstić information content (AvgIpc) is 2.74. The van der Waals surface area contributed by atoms with Crippen molar-refractivity contribution in [3.8, 4) is 0 Å². The molecule has 0 aliphatic rings. The first-order valence-electron chi connectivity index (χ1n) is 9.84. The molecule has 0 aliphatic heterocycles. The lowest BCUT2D eigenvalue weighted by atomic mass is 10.1.